The van der Waals surface area contributed by atoms with Crippen LogP contribution in [0.1, 0.15) is 5.56 Å². The molecule has 2 rings (SSSR count). The molecule has 100 valence electrons. The van der Waals surface area contributed by atoms with Crippen LogP contribution in [0.3, 0.4) is 0 Å². The maximum Gasteiger partial charge on any atom is 0.301 e. The smallest absolute Gasteiger partial charge is 0.301 e. The summed E-state index contributed by atoms with van der Waals surface area (Å²) in [6, 6.07) is 7.02. The number of rotatable bonds is 4. The lowest BCUT2D eigenvalue weighted by Crippen LogP contribution is -2.43. The van der Waals surface area contributed by atoms with Crippen molar-refractivity contribution in [1.29, 1.82) is 0 Å². The van der Waals surface area contributed by atoms with Gasteiger partial charge in [-0.1, -0.05) is 12.1 Å². The second-order valence-corrected chi connectivity index (χ2v) is 5.69. The molecule has 1 saturated heterocycles. The monoisotopic (exact) mass is 271 g/mol. The van der Waals surface area contributed by atoms with Crippen LogP contribution in [0.5, 0.6) is 0 Å². The maximum atomic E-state index is 12.0. The van der Waals surface area contributed by atoms with Crippen LogP contribution < -0.4 is 10.5 Å². The van der Waals surface area contributed by atoms with E-state index in [1.807, 2.05) is 0 Å². The third kappa shape index (κ3) is 3.20. The van der Waals surface area contributed by atoms with Gasteiger partial charge in [0.25, 0.3) is 0 Å². The van der Waals surface area contributed by atoms with Gasteiger partial charge >= 0.3 is 10.2 Å². The highest BCUT2D eigenvalue weighted by Gasteiger charge is 2.23. The minimum atomic E-state index is -3.48. The molecule has 1 fully saturated rings. The number of nitrogens with one attached hydrogen (secondary N) is 1. The van der Waals surface area contributed by atoms with E-state index in [2.05, 4.69) is 4.72 Å². The molecule has 7 heteroatoms. The van der Waals surface area contributed by atoms with Gasteiger partial charge in [0.15, 0.2) is 0 Å². The van der Waals surface area contributed by atoms with Gasteiger partial charge in [-0.3, -0.25) is 4.72 Å². The molecular weight excluding hydrogens is 254 g/mol. The van der Waals surface area contributed by atoms with Crippen LogP contribution in [-0.2, 0) is 21.5 Å². The van der Waals surface area contributed by atoms with Crippen molar-refractivity contribution in [2.75, 3.05) is 31.0 Å². The van der Waals surface area contributed by atoms with Crippen molar-refractivity contribution in [1.82, 2.24) is 4.31 Å². The quantitative estimate of drug-likeness (QED) is 0.815. The summed E-state index contributed by atoms with van der Waals surface area (Å²) < 4.78 is 33.1. The highest BCUT2D eigenvalue weighted by atomic mass is 32.2. The van der Waals surface area contributed by atoms with E-state index in [0.717, 1.165) is 5.56 Å². The highest BCUT2D eigenvalue weighted by molar-refractivity contribution is 7.90. The molecule has 0 aromatic heterocycles. The van der Waals surface area contributed by atoms with E-state index in [1.54, 1.807) is 24.3 Å². The zero-order valence-corrected chi connectivity index (χ0v) is 10.8. The average Bonchev–Trinajstić information content (AvgIpc) is 2.40. The first-order chi connectivity index (χ1) is 8.62. The van der Waals surface area contributed by atoms with Gasteiger partial charge < -0.3 is 10.5 Å². The van der Waals surface area contributed by atoms with Crippen LogP contribution in [-0.4, -0.2) is 39.0 Å². The second kappa shape index (κ2) is 5.66. The molecule has 0 saturated carbocycles. The van der Waals surface area contributed by atoms with Crippen LogP contribution in [0, 0.1) is 0 Å². The largest absolute Gasteiger partial charge is 0.379 e. The number of morpholine rings is 1. The molecule has 1 aromatic rings. The second-order valence-electron chi connectivity index (χ2n) is 4.02. The Morgan fingerprint density at radius 2 is 1.83 bits per heavy atom. The van der Waals surface area contributed by atoms with E-state index in [4.69, 9.17) is 10.5 Å². The Labute approximate surface area is 107 Å². The summed E-state index contributed by atoms with van der Waals surface area (Å²) in [6.45, 7) is 2.09. The van der Waals surface area contributed by atoms with Crippen LogP contribution in [0.25, 0.3) is 0 Å². The van der Waals surface area contributed by atoms with Crippen LogP contribution in [0.4, 0.5) is 5.69 Å². The van der Waals surface area contributed by atoms with Crippen LogP contribution >= 0.6 is 0 Å². The van der Waals surface area contributed by atoms with Gasteiger partial charge in [0.2, 0.25) is 0 Å². The number of nitrogens with zero attached hydrogens (tertiary/aromatic N) is 1. The molecule has 1 heterocycles. The number of anilines is 1. The van der Waals surface area contributed by atoms with Crippen molar-refractivity contribution in [2.24, 2.45) is 5.73 Å². The summed E-state index contributed by atoms with van der Waals surface area (Å²) in [5.74, 6) is 0. The highest BCUT2D eigenvalue weighted by Crippen LogP contribution is 2.13. The zero-order chi connectivity index (χ0) is 13.0. The minimum Gasteiger partial charge on any atom is -0.379 e. The SMILES string of the molecule is NCc1ccc(NS(=O)(=O)N2CCOCC2)cc1. The third-order valence-corrected chi connectivity index (χ3v) is 4.29. The summed E-state index contributed by atoms with van der Waals surface area (Å²) in [5.41, 5.74) is 6.99. The van der Waals surface area contributed by atoms with E-state index in [0.29, 0.717) is 38.5 Å². The number of ether oxygens (including phenoxy) is 1. The lowest BCUT2D eigenvalue weighted by Gasteiger charge is -2.26. The Bertz CT molecular complexity index is 481. The molecule has 3 N–H and O–H groups in total. The number of hydrogen-bond acceptors (Lipinski definition) is 4. The van der Waals surface area contributed by atoms with Gasteiger partial charge in [0.1, 0.15) is 0 Å². The summed E-state index contributed by atoms with van der Waals surface area (Å²) in [4.78, 5) is 0. The van der Waals surface area contributed by atoms with E-state index >= 15 is 0 Å². The first-order valence-corrected chi connectivity index (χ1v) is 7.20. The molecule has 0 spiro atoms. The van der Waals surface area contributed by atoms with Crippen molar-refractivity contribution in [2.45, 2.75) is 6.54 Å². The van der Waals surface area contributed by atoms with Gasteiger partial charge in [-0.2, -0.15) is 12.7 Å². The molecule has 0 unspecified atom stereocenters. The fourth-order valence-electron chi connectivity index (χ4n) is 1.71. The standard InChI is InChI=1S/C11H17N3O3S/c12-9-10-1-3-11(4-2-10)13-18(15,16)14-5-7-17-8-6-14/h1-4,13H,5-9,12H2. The maximum absolute atomic E-state index is 12.0. The Balaban J connectivity index is 2.06. The van der Waals surface area contributed by atoms with Crippen molar-refractivity contribution >= 4 is 15.9 Å². The Morgan fingerprint density at radius 3 is 2.39 bits per heavy atom. The van der Waals surface area contributed by atoms with Crippen LogP contribution in [0.2, 0.25) is 0 Å². The first-order valence-electron chi connectivity index (χ1n) is 5.76. The van der Waals surface area contributed by atoms with Crippen LogP contribution in [0.15, 0.2) is 24.3 Å². The number of hydrogen-bond donors (Lipinski definition) is 2. The van der Waals surface area contributed by atoms with Crippen molar-refractivity contribution in [3.63, 3.8) is 0 Å². The molecule has 0 radical (unpaired) electrons. The fourth-order valence-corrected chi connectivity index (χ4v) is 2.90. The normalized spacial score (nSPS) is 17.6. The number of nitrogens with two attached hydrogens (primary N) is 1. The fraction of sp³-hybridized carbons (Fsp3) is 0.455. The molecule has 1 aliphatic rings. The summed E-state index contributed by atoms with van der Waals surface area (Å²) in [7, 11) is -3.48. The summed E-state index contributed by atoms with van der Waals surface area (Å²) >= 11 is 0. The van der Waals surface area contributed by atoms with E-state index < -0.39 is 10.2 Å². The predicted molar refractivity (Wildman–Crippen MR) is 69.3 cm³/mol. The van der Waals surface area contributed by atoms with E-state index in [-0.39, 0.29) is 0 Å². The minimum absolute atomic E-state index is 0.385. The van der Waals surface area contributed by atoms with E-state index in [9.17, 15) is 8.42 Å². The third-order valence-electron chi connectivity index (χ3n) is 2.75. The van der Waals surface area contributed by atoms with Crippen molar-refractivity contribution in [3.05, 3.63) is 29.8 Å². The molecular formula is C11H17N3O3S. The summed E-state index contributed by atoms with van der Waals surface area (Å²) in [5, 5.41) is 0. The van der Waals surface area contributed by atoms with Gasteiger partial charge in [-0.25, -0.2) is 0 Å². The number of benzene rings is 1. The van der Waals surface area contributed by atoms with Gasteiger partial charge in [0.05, 0.1) is 13.2 Å². The Kier molecular flexibility index (Phi) is 4.18. The van der Waals surface area contributed by atoms with E-state index in [1.165, 1.54) is 4.31 Å². The molecule has 1 aliphatic heterocycles. The molecule has 1 aromatic carbocycles. The lowest BCUT2D eigenvalue weighted by atomic mass is 10.2. The molecule has 0 amide bonds. The van der Waals surface area contributed by atoms with Crippen molar-refractivity contribution < 1.29 is 13.2 Å². The Hall–Kier alpha value is -1.15. The molecule has 0 atom stereocenters. The molecule has 6 nitrogen and oxygen atoms in total. The first kappa shape index (κ1) is 13.3. The molecule has 0 bridgehead atoms. The van der Waals surface area contributed by atoms with Gasteiger partial charge in [-0.15, -0.1) is 0 Å². The average molecular weight is 271 g/mol. The predicted octanol–water partition coefficient (Wildman–Crippen LogP) is 0.134. The Morgan fingerprint density at radius 1 is 1.22 bits per heavy atom. The van der Waals surface area contributed by atoms with Crippen molar-refractivity contribution in [3.8, 4) is 0 Å². The van der Waals surface area contributed by atoms with Gasteiger partial charge in [0, 0.05) is 25.3 Å². The molecule has 0 aliphatic carbocycles. The topological polar surface area (TPSA) is 84.7 Å². The summed E-state index contributed by atoms with van der Waals surface area (Å²) in [6.07, 6.45) is 0. The zero-order valence-electron chi connectivity index (χ0n) is 10.0. The van der Waals surface area contributed by atoms with Gasteiger partial charge in [-0.05, 0) is 17.7 Å². The molecule has 18 heavy (non-hydrogen) atoms. The lowest BCUT2D eigenvalue weighted by molar-refractivity contribution is 0.0733.